The molecule has 4 aliphatic carbocycles. The highest BCUT2D eigenvalue weighted by Crippen LogP contribution is 2.66. The molecule has 4 aliphatic rings. The zero-order valence-corrected chi connectivity index (χ0v) is 18.8. The van der Waals surface area contributed by atoms with E-state index < -0.39 is 0 Å². The maximum atomic E-state index is 12.0. The van der Waals surface area contributed by atoms with E-state index in [1.165, 1.54) is 49.7 Å². The predicted octanol–water partition coefficient (Wildman–Crippen LogP) is 7.29. The van der Waals surface area contributed by atoms with E-state index in [0.29, 0.717) is 11.2 Å². The molecular formula is C27H40O. The number of allylic oxidation sites excluding steroid dienone is 6. The lowest BCUT2D eigenvalue weighted by atomic mass is 9.48. The number of hydrogen-bond acceptors (Lipinski definition) is 1. The Morgan fingerprint density at radius 1 is 1.18 bits per heavy atom. The van der Waals surface area contributed by atoms with Crippen LogP contribution in [0.3, 0.4) is 0 Å². The molecule has 1 nitrogen and oxygen atoms in total. The number of carbonyl (C=O) groups is 1. The highest BCUT2D eigenvalue weighted by atomic mass is 16.1. The summed E-state index contributed by atoms with van der Waals surface area (Å²) in [5, 5.41) is 0. The summed E-state index contributed by atoms with van der Waals surface area (Å²) in [7, 11) is 0. The molecule has 0 aromatic rings. The van der Waals surface area contributed by atoms with Crippen LogP contribution in [0.5, 0.6) is 0 Å². The van der Waals surface area contributed by atoms with E-state index in [2.05, 4.69) is 52.8 Å². The Kier molecular flexibility index (Phi) is 5.26. The first-order chi connectivity index (χ1) is 13.3. The molecule has 0 bridgehead atoms. The fraction of sp³-hybridized carbons (Fsp3) is 0.741. The molecule has 154 valence electrons. The van der Waals surface area contributed by atoms with Crippen molar-refractivity contribution in [2.75, 3.05) is 0 Å². The third-order valence-corrected chi connectivity index (χ3v) is 9.45. The van der Waals surface area contributed by atoms with Crippen molar-refractivity contribution < 1.29 is 4.79 Å². The third kappa shape index (κ3) is 3.17. The van der Waals surface area contributed by atoms with Gasteiger partial charge in [-0.2, -0.15) is 0 Å². The molecule has 0 spiro atoms. The van der Waals surface area contributed by atoms with E-state index in [-0.39, 0.29) is 5.41 Å². The molecule has 28 heavy (non-hydrogen) atoms. The van der Waals surface area contributed by atoms with Gasteiger partial charge in [-0.05, 0) is 111 Å². The first-order valence-corrected chi connectivity index (χ1v) is 11.8. The van der Waals surface area contributed by atoms with Gasteiger partial charge in [-0.3, -0.25) is 4.79 Å². The lowest BCUT2D eigenvalue weighted by molar-refractivity contribution is -0.116. The first kappa shape index (κ1) is 20.2. The Morgan fingerprint density at radius 3 is 2.71 bits per heavy atom. The third-order valence-electron chi connectivity index (χ3n) is 9.45. The summed E-state index contributed by atoms with van der Waals surface area (Å²) >= 11 is 0. The minimum absolute atomic E-state index is 0.238. The van der Waals surface area contributed by atoms with Crippen LogP contribution < -0.4 is 0 Å². The summed E-state index contributed by atoms with van der Waals surface area (Å²) in [5.74, 6) is 4.36. The SMILES string of the molecule is CC(C)=CCC[C@@H](C)[C@H]1CC[C@H]2C3C=CC4=CC(=O)CC[C@]4(C)[C@H]3CC[C@]12C. The molecule has 0 radical (unpaired) electrons. The maximum absolute atomic E-state index is 12.0. The highest BCUT2D eigenvalue weighted by molar-refractivity contribution is 5.92. The van der Waals surface area contributed by atoms with Crippen LogP contribution in [-0.2, 0) is 4.79 Å². The van der Waals surface area contributed by atoms with Gasteiger partial charge in [0.1, 0.15) is 0 Å². The van der Waals surface area contributed by atoms with Crippen molar-refractivity contribution in [1.29, 1.82) is 0 Å². The van der Waals surface area contributed by atoms with Crippen molar-refractivity contribution in [3.05, 3.63) is 35.5 Å². The minimum atomic E-state index is 0.238. The van der Waals surface area contributed by atoms with Gasteiger partial charge in [0.15, 0.2) is 5.78 Å². The molecule has 0 aromatic heterocycles. The van der Waals surface area contributed by atoms with E-state index in [0.717, 1.165) is 42.4 Å². The van der Waals surface area contributed by atoms with Gasteiger partial charge in [-0.25, -0.2) is 0 Å². The maximum Gasteiger partial charge on any atom is 0.156 e. The van der Waals surface area contributed by atoms with E-state index in [9.17, 15) is 4.79 Å². The fourth-order valence-electron chi connectivity index (χ4n) is 7.81. The molecule has 2 fully saturated rings. The Balaban J connectivity index is 1.55. The Labute approximate surface area is 172 Å². The molecule has 0 amide bonds. The van der Waals surface area contributed by atoms with E-state index in [1.54, 1.807) is 0 Å². The van der Waals surface area contributed by atoms with Gasteiger partial charge < -0.3 is 0 Å². The van der Waals surface area contributed by atoms with E-state index in [4.69, 9.17) is 0 Å². The molecular weight excluding hydrogens is 340 g/mol. The number of fused-ring (bicyclic) bond motifs is 5. The molecule has 0 N–H and O–H groups in total. The average Bonchev–Trinajstić information content (AvgIpc) is 2.99. The van der Waals surface area contributed by atoms with Crippen LogP contribution in [0.1, 0.15) is 86.0 Å². The van der Waals surface area contributed by atoms with Crippen LogP contribution in [0, 0.1) is 40.4 Å². The molecule has 1 unspecified atom stereocenters. The number of ketones is 1. The quantitative estimate of drug-likeness (QED) is 0.468. The largest absolute Gasteiger partial charge is 0.295 e. The van der Waals surface area contributed by atoms with Crippen molar-refractivity contribution >= 4 is 5.78 Å². The zero-order chi connectivity index (χ0) is 20.1. The molecule has 0 saturated heterocycles. The predicted molar refractivity (Wildman–Crippen MR) is 118 cm³/mol. The zero-order valence-electron chi connectivity index (χ0n) is 18.8. The minimum Gasteiger partial charge on any atom is -0.295 e. The monoisotopic (exact) mass is 380 g/mol. The van der Waals surface area contributed by atoms with Gasteiger partial charge in [0.2, 0.25) is 0 Å². The van der Waals surface area contributed by atoms with Crippen molar-refractivity contribution in [2.24, 2.45) is 40.4 Å². The smallest absolute Gasteiger partial charge is 0.156 e. The summed E-state index contributed by atoms with van der Waals surface area (Å²) < 4.78 is 0. The van der Waals surface area contributed by atoms with Gasteiger partial charge in [0.25, 0.3) is 0 Å². The number of carbonyl (C=O) groups excluding carboxylic acids is 1. The average molecular weight is 381 g/mol. The molecule has 7 atom stereocenters. The summed E-state index contributed by atoms with van der Waals surface area (Å²) in [6.07, 6.45) is 19.2. The van der Waals surface area contributed by atoms with E-state index >= 15 is 0 Å². The molecule has 0 aliphatic heterocycles. The lowest BCUT2D eigenvalue weighted by Gasteiger charge is -2.56. The van der Waals surface area contributed by atoms with Crippen molar-refractivity contribution in [3.8, 4) is 0 Å². The van der Waals surface area contributed by atoms with Crippen molar-refractivity contribution in [1.82, 2.24) is 0 Å². The van der Waals surface area contributed by atoms with Crippen LogP contribution >= 0.6 is 0 Å². The van der Waals surface area contributed by atoms with Crippen LogP contribution in [0.15, 0.2) is 35.5 Å². The van der Waals surface area contributed by atoms with Crippen LogP contribution in [0.2, 0.25) is 0 Å². The standard InChI is InChI=1S/C27H40O/c1-18(2)7-6-8-19(3)23-11-12-24-22-10-9-20-17-21(28)13-15-26(20,4)25(22)14-16-27(23,24)5/h7,9-10,17,19,22-25H,6,8,11-16H2,1-5H3/t19-,22?,23-,24+,25+,26+,27-/m1/s1. The van der Waals surface area contributed by atoms with Crippen molar-refractivity contribution in [2.45, 2.75) is 86.0 Å². The van der Waals surface area contributed by atoms with Crippen LogP contribution in [0.4, 0.5) is 0 Å². The first-order valence-electron chi connectivity index (χ1n) is 11.8. The highest BCUT2D eigenvalue weighted by Gasteiger charge is 2.58. The second-order valence-corrected chi connectivity index (χ2v) is 11.2. The van der Waals surface area contributed by atoms with Gasteiger partial charge in [-0.1, -0.05) is 44.6 Å². The number of hydrogen-bond donors (Lipinski definition) is 0. The Hall–Kier alpha value is -1.11. The summed E-state index contributed by atoms with van der Waals surface area (Å²) in [5.41, 5.74) is 3.54. The summed E-state index contributed by atoms with van der Waals surface area (Å²) in [6, 6.07) is 0. The second kappa shape index (κ2) is 7.29. The fourth-order valence-corrected chi connectivity index (χ4v) is 7.81. The molecule has 1 heteroatoms. The summed E-state index contributed by atoms with van der Waals surface area (Å²) in [4.78, 5) is 12.0. The van der Waals surface area contributed by atoms with E-state index in [1.807, 2.05) is 6.08 Å². The Bertz CT molecular complexity index is 721. The second-order valence-electron chi connectivity index (χ2n) is 11.2. The molecule has 0 aromatic carbocycles. The lowest BCUT2D eigenvalue weighted by Crippen LogP contribution is -2.49. The summed E-state index contributed by atoms with van der Waals surface area (Å²) in [6.45, 7) is 12.1. The van der Waals surface area contributed by atoms with Crippen LogP contribution in [0.25, 0.3) is 0 Å². The van der Waals surface area contributed by atoms with Gasteiger partial charge in [0, 0.05) is 6.42 Å². The Morgan fingerprint density at radius 2 is 1.96 bits per heavy atom. The normalized spacial score (nSPS) is 42.9. The molecule has 0 heterocycles. The number of rotatable bonds is 4. The van der Waals surface area contributed by atoms with Crippen LogP contribution in [-0.4, -0.2) is 5.78 Å². The van der Waals surface area contributed by atoms with Gasteiger partial charge in [0.05, 0.1) is 0 Å². The van der Waals surface area contributed by atoms with Gasteiger partial charge >= 0.3 is 0 Å². The molecule has 4 rings (SSSR count). The van der Waals surface area contributed by atoms with Crippen molar-refractivity contribution in [3.63, 3.8) is 0 Å². The van der Waals surface area contributed by atoms with Gasteiger partial charge in [-0.15, -0.1) is 0 Å². The topological polar surface area (TPSA) is 17.1 Å². The molecule has 2 saturated carbocycles.